The average Bonchev–Trinajstić information content (AvgIpc) is 2.77. The smallest absolute Gasteiger partial charge is 0.303 e. The maximum atomic E-state index is 11.2. The number of hydrogen-bond acceptors (Lipinski definition) is 6. The number of ether oxygens (including phenoxy) is 2. The summed E-state index contributed by atoms with van der Waals surface area (Å²) in [4.78, 5) is 24.8. The van der Waals surface area contributed by atoms with Crippen molar-refractivity contribution in [3.05, 3.63) is 75.7 Å². The summed E-state index contributed by atoms with van der Waals surface area (Å²) in [6, 6.07) is 9.55. The topological polar surface area (TPSA) is 73.7 Å². The average molecular weight is 452 g/mol. The summed E-state index contributed by atoms with van der Waals surface area (Å²) in [6.07, 6.45) is 3.62. The van der Waals surface area contributed by atoms with E-state index in [1.807, 2.05) is 51.1 Å². The summed E-state index contributed by atoms with van der Waals surface area (Å²) in [6.45, 7) is 7.54. The fourth-order valence-electron chi connectivity index (χ4n) is 3.41. The number of pyridine rings is 2. The number of para-hydroxylation sites is 1. The molecule has 3 rings (SSSR count). The minimum Gasteiger partial charge on any atom is -0.486 e. The van der Waals surface area contributed by atoms with Gasteiger partial charge in [-0.15, -0.1) is 0 Å². The molecular formula is C25H26ClN3O3. The van der Waals surface area contributed by atoms with E-state index < -0.39 is 0 Å². The number of rotatable bonds is 7. The molecule has 0 spiro atoms. The predicted octanol–water partition coefficient (Wildman–Crippen LogP) is 5.62. The van der Waals surface area contributed by atoms with E-state index in [4.69, 9.17) is 26.1 Å². The van der Waals surface area contributed by atoms with Crippen LogP contribution in [0.1, 0.15) is 43.3 Å². The first kappa shape index (κ1) is 23.4. The minimum atomic E-state index is -0.385. The van der Waals surface area contributed by atoms with Crippen molar-refractivity contribution < 1.29 is 14.3 Å². The van der Waals surface area contributed by atoms with Crippen molar-refractivity contribution in [2.24, 2.45) is 4.99 Å². The number of carbonyl (C=O) groups is 1. The van der Waals surface area contributed by atoms with Gasteiger partial charge in [-0.3, -0.25) is 14.8 Å². The van der Waals surface area contributed by atoms with Crippen LogP contribution in [-0.2, 0) is 22.7 Å². The first-order valence-corrected chi connectivity index (χ1v) is 10.6. The summed E-state index contributed by atoms with van der Waals surface area (Å²) in [5, 5.41) is 1.45. The van der Waals surface area contributed by atoms with E-state index in [9.17, 15) is 4.79 Å². The van der Waals surface area contributed by atoms with Crippen LogP contribution in [0, 0.1) is 6.92 Å². The number of benzene rings is 1. The molecule has 3 aromatic rings. The van der Waals surface area contributed by atoms with Crippen LogP contribution < -0.4 is 4.74 Å². The van der Waals surface area contributed by atoms with Gasteiger partial charge in [0.25, 0.3) is 0 Å². The van der Waals surface area contributed by atoms with E-state index in [1.54, 1.807) is 19.3 Å². The lowest BCUT2D eigenvalue weighted by Crippen LogP contribution is -2.08. The SMILES string of the molecule is C/C=C(C)\C(=N/C)c1cc(C)nc2c(OCc3c(Cl)ccnc3COC(C)=O)cccc12. The highest BCUT2D eigenvalue weighted by atomic mass is 35.5. The van der Waals surface area contributed by atoms with Crippen molar-refractivity contribution in [2.75, 3.05) is 7.05 Å². The Balaban J connectivity index is 2.01. The summed E-state index contributed by atoms with van der Waals surface area (Å²) >= 11 is 6.39. The molecule has 166 valence electrons. The Morgan fingerprint density at radius 3 is 2.69 bits per heavy atom. The molecule has 1 aromatic carbocycles. The van der Waals surface area contributed by atoms with Gasteiger partial charge in [0.15, 0.2) is 0 Å². The Kier molecular flexibility index (Phi) is 7.59. The molecule has 0 unspecified atom stereocenters. The molecule has 0 aliphatic carbocycles. The standard InChI is InChI=1S/C25H26ClN3O3/c1-6-15(2)24(27-5)19-12-16(3)29-25-18(19)8-7-9-23(25)32-13-20-21(26)10-11-28-22(20)14-31-17(4)30/h6-12H,13-14H2,1-5H3/b15-6-,27-24+. The third-order valence-corrected chi connectivity index (χ3v) is 5.44. The molecule has 0 fully saturated rings. The first-order chi connectivity index (χ1) is 15.3. The lowest BCUT2D eigenvalue weighted by atomic mass is 9.98. The summed E-state index contributed by atoms with van der Waals surface area (Å²) in [5.74, 6) is 0.240. The molecule has 0 atom stereocenters. The van der Waals surface area contributed by atoms with Crippen LogP contribution in [0.5, 0.6) is 5.75 Å². The van der Waals surface area contributed by atoms with Crippen molar-refractivity contribution in [1.82, 2.24) is 9.97 Å². The summed E-state index contributed by atoms with van der Waals surface area (Å²) < 4.78 is 11.3. The number of carbonyl (C=O) groups excluding carboxylic acids is 1. The summed E-state index contributed by atoms with van der Waals surface area (Å²) in [5.41, 5.74) is 5.84. The second-order valence-corrected chi connectivity index (χ2v) is 7.70. The van der Waals surface area contributed by atoms with Crippen LogP contribution in [0.2, 0.25) is 5.02 Å². The Morgan fingerprint density at radius 1 is 1.22 bits per heavy atom. The number of allylic oxidation sites excluding steroid dienone is 2. The maximum Gasteiger partial charge on any atom is 0.303 e. The molecule has 2 heterocycles. The first-order valence-electron chi connectivity index (χ1n) is 10.2. The number of aromatic nitrogens is 2. The van der Waals surface area contributed by atoms with Crippen molar-refractivity contribution in [2.45, 2.75) is 40.9 Å². The van der Waals surface area contributed by atoms with Crippen LogP contribution in [0.4, 0.5) is 0 Å². The van der Waals surface area contributed by atoms with E-state index in [-0.39, 0.29) is 19.2 Å². The number of aryl methyl sites for hydroxylation is 1. The van der Waals surface area contributed by atoms with Gasteiger partial charge in [0.1, 0.15) is 24.5 Å². The second kappa shape index (κ2) is 10.4. The fourth-order valence-corrected chi connectivity index (χ4v) is 3.63. The van der Waals surface area contributed by atoms with E-state index in [0.717, 1.165) is 33.4 Å². The zero-order chi connectivity index (χ0) is 23.3. The molecule has 0 radical (unpaired) electrons. The van der Waals surface area contributed by atoms with Crippen molar-refractivity contribution in [1.29, 1.82) is 0 Å². The maximum absolute atomic E-state index is 11.2. The highest BCUT2D eigenvalue weighted by molar-refractivity contribution is 6.31. The van der Waals surface area contributed by atoms with E-state index in [0.29, 0.717) is 22.0 Å². The zero-order valence-electron chi connectivity index (χ0n) is 18.9. The highest BCUT2D eigenvalue weighted by Gasteiger charge is 2.16. The van der Waals surface area contributed by atoms with Crippen LogP contribution in [-0.4, -0.2) is 28.7 Å². The third kappa shape index (κ3) is 5.14. The monoisotopic (exact) mass is 451 g/mol. The molecule has 0 bridgehead atoms. The lowest BCUT2D eigenvalue weighted by molar-refractivity contribution is -0.142. The van der Waals surface area contributed by atoms with Crippen LogP contribution in [0.25, 0.3) is 10.9 Å². The largest absolute Gasteiger partial charge is 0.486 e. The Morgan fingerprint density at radius 2 is 2.00 bits per heavy atom. The normalized spacial score (nSPS) is 12.2. The molecule has 2 aromatic heterocycles. The van der Waals surface area contributed by atoms with Gasteiger partial charge < -0.3 is 9.47 Å². The molecule has 0 saturated heterocycles. The van der Waals surface area contributed by atoms with Crippen LogP contribution >= 0.6 is 11.6 Å². The molecular weight excluding hydrogens is 426 g/mol. The molecule has 7 heteroatoms. The molecule has 0 aliphatic heterocycles. The number of nitrogens with zero attached hydrogens (tertiary/aromatic N) is 3. The molecule has 6 nitrogen and oxygen atoms in total. The van der Waals surface area contributed by atoms with Gasteiger partial charge in [0.2, 0.25) is 0 Å². The second-order valence-electron chi connectivity index (χ2n) is 7.29. The fraction of sp³-hybridized carbons (Fsp3) is 0.280. The molecule has 0 saturated carbocycles. The van der Waals surface area contributed by atoms with E-state index >= 15 is 0 Å². The lowest BCUT2D eigenvalue weighted by Gasteiger charge is -2.15. The van der Waals surface area contributed by atoms with Gasteiger partial charge in [-0.25, -0.2) is 4.98 Å². The minimum absolute atomic E-state index is 0.0323. The Hall–Kier alpha value is -3.25. The Labute approximate surface area is 193 Å². The molecule has 0 N–H and O–H groups in total. The van der Waals surface area contributed by atoms with E-state index in [2.05, 4.69) is 9.98 Å². The number of hydrogen-bond donors (Lipinski definition) is 0. The zero-order valence-corrected chi connectivity index (χ0v) is 19.7. The number of halogens is 1. The van der Waals surface area contributed by atoms with E-state index in [1.165, 1.54) is 6.92 Å². The Bertz CT molecular complexity index is 1220. The van der Waals surface area contributed by atoms with Gasteiger partial charge in [0, 0.05) is 42.4 Å². The third-order valence-electron chi connectivity index (χ3n) is 5.09. The van der Waals surface area contributed by atoms with Gasteiger partial charge in [0.05, 0.1) is 16.4 Å². The number of esters is 1. The van der Waals surface area contributed by atoms with Gasteiger partial charge >= 0.3 is 5.97 Å². The van der Waals surface area contributed by atoms with Crippen LogP contribution in [0.3, 0.4) is 0 Å². The van der Waals surface area contributed by atoms with Gasteiger partial charge in [-0.1, -0.05) is 29.8 Å². The van der Waals surface area contributed by atoms with Crippen molar-refractivity contribution in [3.8, 4) is 5.75 Å². The number of fused-ring (bicyclic) bond motifs is 1. The van der Waals surface area contributed by atoms with Crippen molar-refractivity contribution in [3.63, 3.8) is 0 Å². The predicted molar refractivity (Wildman–Crippen MR) is 127 cm³/mol. The van der Waals surface area contributed by atoms with Crippen molar-refractivity contribution >= 4 is 34.2 Å². The molecule has 0 amide bonds. The molecule has 0 aliphatic rings. The molecule has 32 heavy (non-hydrogen) atoms. The van der Waals surface area contributed by atoms with Crippen LogP contribution in [0.15, 0.2) is 53.2 Å². The number of aliphatic imine (C=N–C) groups is 1. The summed E-state index contributed by atoms with van der Waals surface area (Å²) in [7, 11) is 1.79. The van der Waals surface area contributed by atoms with Gasteiger partial charge in [-0.2, -0.15) is 0 Å². The quantitative estimate of drug-likeness (QED) is 0.344. The highest BCUT2D eigenvalue weighted by Crippen LogP contribution is 2.30. The van der Waals surface area contributed by atoms with Gasteiger partial charge in [-0.05, 0) is 44.5 Å².